The molecule has 0 aliphatic rings. The molecule has 0 radical (unpaired) electrons. The fourth-order valence-electron chi connectivity index (χ4n) is 3.37. The lowest BCUT2D eigenvalue weighted by Gasteiger charge is -2.10. The molecule has 0 unspecified atom stereocenters. The van der Waals surface area contributed by atoms with E-state index < -0.39 is 17.2 Å². The lowest BCUT2D eigenvalue weighted by Crippen LogP contribution is -2.44. The molecule has 31 heavy (non-hydrogen) atoms. The summed E-state index contributed by atoms with van der Waals surface area (Å²) in [4.78, 5) is 28.9. The summed E-state index contributed by atoms with van der Waals surface area (Å²) < 4.78 is 10.2. The third-order valence-electron chi connectivity index (χ3n) is 5.05. The van der Waals surface area contributed by atoms with E-state index in [1.807, 2.05) is 0 Å². The molecule has 4 rings (SSSR count). The van der Waals surface area contributed by atoms with Gasteiger partial charge in [0.2, 0.25) is 5.10 Å². The van der Waals surface area contributed by atoms with Crippen LogP contribution in [0, 0.1) is 10.4 Å². The molecule has 2 N–H and O–H groups in total. The Morgan fingerprint density at radius 1 is 1.13 bits per heavy atom. The van der Waals surface area contributed by atoms with E-state index in [0.29, 0.717) is 47.6 Å². The van der Waals surface area contributed by atoms with Crippen molar-refractivity contribution in [2.45, 2.75) is 19.4 Å². The van der Waals surface area contributed by atoms with Crippen molar-refractivity contribution in [3.8, 4) is 5.75 Å². The minimum absolute atomic E-state index is 0.0491. The molecule has 0 fully saturated rings. The van der Waals surface area contributed by atoms with Crippen molar-refractivity contribution in [3.05, 3.63) is 55.8 Å². The van der Waals surface area contributed by atoms with Crippen LogP contribution in [0.15, 0.2) is 34.1 Å². The number of rotatable bonds is 6. The normalized spacial score (nSPS) is 11.4. The van der Waals surface area contributed by atoms with E-state index in [0.717, 1.165) is 4.57 Å². The Labute approximate surface area is 174 Å². The molecular weight excluding hydrogens is 408 g/mol. The Balaban J connectivity index is 1.41. The number of imidazole rings is 1. The minimum Gasteiger partial charge on any atom is -0.739 e. The Kier molecular flexibility index (Phi) is 4.93. The number of hydrogen-bond acceptors (Lipinski definition) is 8. The summed E-state index contributed by atoms with van der Waals surface area (Å²) in [5.41, 5.74) is 5.44. The molecule has 0 bridgehead atoms. The summed E-state index contributed by atoms with van der Waals surface area (Å²) in [7, 11) is 3.01. The number of nitrogen functional groups attached to an aromatic ring is 1. The number of benzene rings is 1. The molecule has 0 aliphatic heterocycles. The van der Waals surface area contributed by atoms with Crippen LogP contribution >= 0.6 is 0 Å². The molecule has 13 nitrogen and oxygen atoms in total. The van der Waals surface area contributed by atoms with Crippen LogP contribution in [0.5, 0.6) is 5.75 Å². The number of aryl methyl sites for hydroxylation is 2. The fourth-order valence-corrected chi connectivity index (χ4v) is 3.37. The number of hydrogen-bond donors (Lipinski definition) is 1. The van der Waals surface area contributed by atoms with Crippen LogP contribution < -0.4 is 31.3 Å². The molecule has 0 saturated heterocycles. The van der Waals surface area contributed by atoms with Crippen molar-refractivity contribution in [1.29, 1.82) is 0 Å². The van der Waals surface area contributed by atoms with E-state index in [2.05, 4.69) is 10.1 Å². The van der Waals surface area contributed by atoms with E-state index in [1.54, 1.807) is 24.0 Å². The van der Waals surface area contributed by atoms with E-state index >= 15 is 0 Å². The summed E-state index contributed by atoms with van der Waals surface area (Å²) in [6.45, 7) is 0.873. The van der Waals surface area contributed by atoms with Gasteiger partial charge in [-0.15, -0.1) is 0 Å². The molecule has 0 saturated carbocycles. The molecule has 3 heterocycles. The Bertz CT molecular complexity index is 1420. The molecule has 0 atom stereocenters. The number of fused-ring (bicyclic) bond motifs is 2. The van der Waals surface area contributed by atoms with Crippen molar-refractivity contribution in [3.63, 3.8) is 0 Å². The third-order valence-corrected chi connectivity index (χ3v) is 5.05. The van der Waals surface area contributed by atoms with Gasteiger partial charge in [0.15, 0.2) is 16.7 Å². The maximum atomic E-state index is 12.4. The zero-order chi connectivity index (χ0) is 22.3. The first-order valence-corrected chi connectivity index (χ1v) is 9.46. The second-order valence-corrected chi connectivity index (χ2v) is 7.05. The van der Waals surface area contributed by atoms with Gasteiger partial charge < -0.3 is 19.7 Å². The van der Waals surface area contributed by atoms with Gasteiger partial charge in [-0.05, 0) is 25.0 Å². The number of unbranched alkanes of at least 4 members (excludes halogenated alkanes) is 1. The highest BCUT2D eigenvalue weighted by molar-refractivity contribution is 5.70. The number of nitrogens with zero attached hydrogens (tertiary/aromatic N) is 7. The topological polar surface area (TPSA) is 164 Å². The smallest absolute Gasteiger partial charge is 0.458 e. The zero-order valence-electron chi connectivity index (χ0n) is 16.9. The maximum absolute atomic E-state index is 12.4. The first-order valence-electron chi connectivity index (χ1n) is 9.46. The third kappa shape index (κ3) is 3.39. The molecule has 3 aromatic heterocycles. The van der Waals surface area contributed by atoms with Crippen molar-refractivity contribution in [1.82, 2.24) is 23.8 Å². The standard InChI is InChI=1S/C18H20N8O5/c1-22-15-14(16(27)23(2)18(22)28)24(10-20-15)7-3-4-8-31-11-5-6-12-13(9-11)26(30)21-17(19)25(12)29/h5-6,9-10H,3-4,7-8H2,1-2H3,(H2,19,21). The summed E-state index contributed by atoms with van der Waals surface area (Å²) in [5, 5.41) is 27.2. The van der Waals surface area contributed by atoms with Crippen molar-refractivity contribution < 1.29 is 14.3 Å². The number of nitrogens with two attached hydrogens (primary N) is 1. The van der Waals surface area contributed by atoms with Crippen LogP contribution in [0.3, 0.4) is 0 Å². The monoisotopic (exact) mass is 428 g/mol. The van der Waals surface area contributed by atoms with E-state index in [9.17, 15) is 20.0 Å². The van der Waals surface area contributed by atoms with Crippen molar-refractivity contribution in [2.24, 2.45) is 14.1 Å². The summed E-state index contributed by atoms with van der Waals surface area (Å²) in [6, 6.07) is 4.45. The van der Waals surface area contributed by atoms with Gasteiger partial charge in [-0.1, -0.05) is 0 Å². The van der Waals surface area contributed by atoms with Crippen molar-refractivity contribution >= 4 is 28.1 Å². The average Bonchev–Trinajstić information content (AvgIpc) is 3.18. The van der Waals surface area contributed by atoms with Gasteiger partial charge in [0.05, 0.1) is 19.0 Å². The van der Waals surface area contributed by atoms with Gasteiger partial charge in [0.25, 0.3) is 5.56 Å². The van der Waals surface area contributed by atoms with Crippen molar-refractivity contribution in [2.75, 3.05) is 12.3 Å². The number of ether oxygens (including phenoxy) is 1. The van der Waals surface area contributed by atoms with Crippen LogP contribution in [-0.4, -0.2) is 30.4 Å². The first kappa shape index (κ1) is 20.1. The Hall–Kier alpha value is -4.16. The molecule has 13 heteroatoms. The second kappa shape index (κ2) is 7.59. The Morgan fingerprint density at radius 2 is 1.90 bits per heavy atom. The van der Waals surface area contributed by atoms with Gasteiger partial charge in [0.1, 0.15) is 5.75 Å². The summed E-state index contributed by atoms with van der Waals surface area (Å²) >= 11 is 0. The van der Waals surface area contributed by atoms with Crippen LogP contribution in [0.25, 0.3) is 22.2 Å². The average molecular weight is 428 g/mol. The van der Waals surface area contributed by atoms with Crippen LogP contribution in [0.2, 0.25) is 0 Å². The van der Waals surface area contributed by atoms with E-state index in [4.69, 9.17) is 10.5 Å². The highest BCUT2D eigenvalue weighted by Crippen LogP contribution is 2.16. The molecule has 0 spiro atoms. The highest BCUT2D eigenvalue weighted by atomic mass is 16.5. The summed E-state index contributed by atoms with van der Waals surface area (Å²) in [5.74, 6) is -0.0151. The predicted molar refractivity (Wildman–Crippen MR) is 109 cm³/mol. The quantitative estimate of drug-likeness (QED) is 0.225. The van der Waals surface area contributed by atoms with Gasteiger partial charge in [-0.25, -0.2) is 14.5 Å². The SMILES string of the molecule is Cn1c(=O)c2c(ncn2CCCCOc2ccc3c(c2)[n+]([O-])nc(N)[n+]3[O-])n(C)c1=O. The summed E-state index contributed by atoms with van der Waals surface area (Å²) in [6.07, 6.45) is 2.88. The largest absolute Gasteiger partial charge is 0.739 e. The molecular formula is C18H20N8O5. The number of anilines is 1. The first-order chi connectivity index (χ1) is 14.8. The van der Waals surface area contributed by atoms with Crippen LogP contribution in [0.4, 0.5) is 5.95 Å². The van der Waals surface area contributed by atoms with E-state index in [-0.39, 0.29) is 15.9 Å². The van der Waals surface area contributed by atoms with Gasteiger partial charge in [0, 0.05) is 25.5 Å². The van der Waals surface area contributed by atoms with Gasteiger partial charge in [-0.2, -0.15) is 0 Å². The molecule has 162 valence electrons. The fraction of sp³-hybridized carbons (Fsp3) is 0.333. The van der Waals surface area contributed by atoms with Crippen LogP contribution in [0.1, 0.15) is 12.8 Å². The van der Waals surface area contributed by atoms with E-state index in [1.165, 1.54) is 23.7 Å². The second-order valence-electron chi connectivity index (χ2n) is 7.05. The lowest BCUT2D eigenvalue weighted by atomic mass is 10.3. The maximum Gasteiger partial charge on any atom is 0.458 e. The number of aromatic nitrogens is 7. The van der Waals surface area contributed by atoms with Crippen LogP contribution in [-0.2, 0) is 20.6 Å². The zero-order valence-corrected chi connectivity index (χ0v) is 16.9. The minimum atomic E-state index is -0.432. The molecule has 1 aromatic carbocycles. The lowest BCUT2D eigenvalue weighted by molar-refractivity contribution is -0.672. The Morgan fingerprint density at radius 3 is 2.68 bits per heavy atom. The van der Waals surface area contributed by atoms with Gasteiger partial charge >= 0.3 is 17.2 Å². The molecule has 0 aliphatic carbocycles. The predicted octanol–water partition coefficient (Wildman–Crippen LogP) is -1.31. The molecule has 0 amide bonds. The molecule has 4 aromatic rings. The van der Waals surface area contributed by atoms with Gasteiger partial charge in [-0.3, -0.25) is 19.7 Å². The highest BCUT2D eigenvalue weighted by Gasteiger charge is 2.18.